The number of hydrogen-bond donors (Lipinski definition) is 2. The maximum Gasteiger partial charge on any atom is 0.224 e. The van der Waals surface area contributed by atoms with E-state index in [0.717, 1.165) is 12.2 Å². The Bertz CT molecular complexity index is 340. The number of hydrogen-bond acceptors (Lipinski definition) is 3. The van der Waals surface area contributed by atoms with Gasteiger partial charge in [-0.15, -0.1) is 0 Å². The molecule has 0 bridgehead atoms. The highest BCUT2D eigenvalue weighted by Gasteiger charge is 2.09. The van der Waals surface area contributed by atoms with Gasteiger partial charge in [0.1, 0.15) is 0 Å². The van der Waals surface area contributed by atoms with Gasteiger partial charge in [-0.2, -0.15) is 0 Å². The fraction of sp³-hybridized carbons (Fsp3) is 0.462. The van der Waals surface area contributed by atoms with Crippen LogP contribution in [0.5, 0.6) is 0 Å². The van der Waals surface area contributed by atoms with Gasteiger partial charge >= 0.3 is 0 Å². The molecule has 0 radical (unpaired) electrons. The zero-order valence-electron chi connectivity index (χ0n) is 10.5. The molecule has 0 fully saturated rings. The van der Waals surface area contributed by atoms with Crippen LogP contribution in [0, 0.1) is 5.92 Å². The molecule has 1 atom stereocenters. The molecule has 0 aliphatic rings. The molecule has 0 aliphatic carbocycles. The molecule has 0 spiro atoms. The van der Waals surface area contributed by atoms with Crippen LogP contribution in [-0.2, 0) is 4.79 Å². The van der Waals surface area contributed by atoms with Crippen LogP contribution in [-0.4, -0.2) is 32.6 Å². The van der Waals surface area contributed by atoms with Crippen LogP contribution in [0.25, 0.3) is 0 Å². The average molecular weight is 235 g/mol. The molecule has 0 aromatic heterocycles. The Labute approximate surface area is 103 Å². The fourth-order valence-corrected chi connectivity index (χ4v) is 1.44. The van der Waals surface area contributed by atoms with Gasteiger partial charge in [-0.3, -0.25) is 4.79 Å². The van der Waals surface area contributed by atoms with E-state index in [1.54, 1.807) is 0 Å². The summed E-state index contributed by atoms with van der Waals surface area (Å²) >= 11 is 0. The van der Waals surface area contributed by atoms with E-state index < -0.39 is 0 Å². The lowest BCUT2D eigenvalue weighted by Gasteiger charge is -2.20. The summed E-state index contributed by atoms with van der Waals surface area (Å²) in [5, 5.41) is 2.87. The number of benzene rings is 1. The number of anilines is 1. The second kappa shape index (κ2) is 6.91. The van der Waals surface area contributed by atoms with Gasteiger partial charge in [0, 0.05) is 38.3 Å². The summed E-state index contributed by atoms with van der Waals surface area (Å²) in [4.78, 5) is 13.6. The average Bonchev–Trinajstić information content (AvgIpc) is 2.38. The molecule has 1 unspecified atom stereocenters. The minimum atomic E-state index is -0.114. The van der Waals surface area contributed by atoms with Gasteiger partial charge in [0.05, 0.1) is 0 Å². The largest absolute Gasteiger partial charge is 0.373 e. The van der Waals surface area contributed by atoms with Crippen LogP contribution in [0.2, 0.25) is 0 Å². The van der Waals surface area contributed by atoms with Crippen molar-refractivity contribution in [1.82, 2.24) is 5.32 Å². The number of nitrogens with two attached hydrogens (primary N) is 1. The van der Waals surface area contributed by atoms with Crippen molar-refractivity contribution >= 4 is 11.6 Å². The second-order valence-electron chi connectivity index (χ2n) is 4.18. The Kier molecular flexibility index (Phi) is 5.49. The van der Waals surface area contributed by atoms with E-state index >= 15 is 0 Å². The van der Waals surface area contributed by atoms with Crippen LogP contribution in [0.4, 0.5) is 5.69 Å². The van der Waals surface area contributed by atoms with E-state index in [1.807, 2.05) is 44.3 Å². The minimum Gasteiger partial charge on any atom is -0.373 e. The van der Waals surface area contributed by atoms with Gasteiger partial charge in [0.15, 0.2) is 0 Å². The highest BCUT2D eigenvalue weighted by molar-refractivity contribution is 5.78. The van der Waals surface area contributed by atoms with Gasteiger partial charge in [0.2, 0.25) is 5.91 Å². The molecule has 4 heteroatoms. The molecule has 1 rings (SSSR count). The molecule has 1 aromatic carbocycles. The minimum absolute atomic E-state index is 0.0222. The van der Waals surface area contributed by atoms with Crippen LogP contribution < -0.4 is 16.0 Å². The molecule has 94 valence electrons. The van der Waals surface area contributed by atoms with E-state index in [9.17, 15) is 4.79 Å². The molecular formula is C13H21N3O. The van der Waals surface area contributed by atoms with Crippen molar-refractivity contribution < 1.29 is 4.79 Å². The van der Waals surface area contributed by atoms with E-state index in [2.05, 4.69) is 10.2 Å². The van der Waals surface area contributed by atoms with Crippen LogP contribution in [0.15, 0.2) is 30.3 Å². The Hall–Kier alpha value is -1.55. The molecule has 0 saturated carbocycles. The molecule has 17 heavy (non-hydrogen) atoms. The van der Waals surface area contributed by atoms with Crippen molar-refractivity contribution in [3.63, 3.8) is 0 Å². The molecule has 0 aliphatic heterocycles. The number of likely N-dealkylation sites (N-methyl/N-ethyl adjacent to an activating group) is 1. The van der Waals surface area contributed by atoms with Crippen molar-refractivity contribution in [2.24, 2.45) is 11.7 Å². The number of para-hydroxylation sites is 1. The van der Waals surface area contributed by atoms with E-state index in [4.69, 9.17) is 5.73 Å². The van der Waals surface area contributed by atoms with Crippen molar-refractivity contribution in [2.75, 3.05) is 31.6 Å². The summed E-state index contributed by atoms with van der Waals surface area (Å²) in [6, 6.07) is 10.1. The smallest absolute Gasteiger partial charge is 0.224 e. The maximum atomic E-state index is 11.5. The monoisotopic (exact) mass is 235 g/mol. The van der Waals surface area contributed by atoms with E-state index in [-0.39, 0.29) is 11.8 Å². The van der Waals surface area contributed by atoms with Crippen LogP contribution >= 0.6 is 0 Å². The molecule has 0 saturated heterocycles. The highest BCUT2D eigenvalue weighted by atomic mass is 16.1. The topological polar surface area (TPSA) is 58.4 Å². The van der Waals surface area contributed by atoms with Crippen molar-refractivity contribution in [3.05, 3.63) is 30.3 Å². The number of amides is 1. The predicted octanol–water partition coefficient (Wildman–Crippen LogP) is 0.834. The first-order valence-electron chi connectivity index (χ1n) is 5.89. The van der Waals surface area contributed by atoms with Crippen molar-refractivity contribution in [1.29, 1.82) is 0 Å². The summed E-state index contributed by atoms with van der Waals surface area (Å²) in [6.07, 6.45) is 0. The third-order valence-corrected chi connectivity index (χ3v) is 2.74. The van der Waals surface area contributed by atoms with E-state index in [0.29, 0.717) is 13.1 Å². The zero-order chi connectivity index (χ0) is 12.7. The first-order chi connectivity index (χ1) is 8.15. The quantitative estimate of drug-likeness (QED) is 0.768. The Morgan fingerprint density at radius 2 is 2.06 bits per heavy atom. The number of carbonyl (C=O) groups is 1. The lowest BCUT2D eigenvalue weighted by atomic mass is 10.2. The maximum absolute atomic E-state index is 11.5. The van der Waals surface area contributed by atoms with Crippen LogP contribution in [0.3, 0.4) is 0 Å². The van der Waals surface area contributed by atoms with Gasteiger partial charge in [-0.1, -0.05) is 25.1 Å². The second-order valence-corrected chi connectivity index (χ2v) is 4.18. The Balaban J connectivity index is 2.30. The lowest BCUT2D eigenvalue weighted by Crippen LogP contribution is -2.37. The van der Waals surface area contributed by atoms with Gasteiger partial charge < -0.3 is 16.0 Å². The third kappa shape index (κ3) is 4.44. The summed E-state index contributed by atoms with van der Waals surface area (Å²) < 4.78 is 0. The third-order valence-electron chi connectivity index (χ3n) is 2.74. The first kappa shape index (κ1) is 13.5. The predicted molar refractivity (Wildman–Crippen MR) is 70.9 cm³/mol. The van der Waals surface area contributed by atoms with Gasteiger partial charge in [-0.05, 0) is 12.1 Å². The van der Waals surface area contributed by atoms with Crippen molar-refractivity contribution in [2.45, 2.75) is 6.92 Å². The number of carbonyl (C=O) groups excluding carboxylic acids is 1. The number of nitrogens with zero attached hydrogens (tertiary/aromatic N) is 1. The van der Waals surface area contributed by atoms with Crippen molar-refractivity contribution in [3.8, 4) is 0 Å². The normalized spacial score (nSPS) is 11.9. The summed E-state index contributed by atoms with van der Waals surface area (Å²) in [5.41, 5.74) is 6.57. The zero-order valence-corrected chi connectivity index (χ0v) is 10.5. The number of rotatable bonds is 6. The summed E-state index contributed by atoms with van der Waals surface area (Å²) in [6.45, 7) is 3.64. The lowest BCUT2D eigenvalue weighted by molar-refractivity contribution is -0.124. The standard InChI is InChI=1S/C13H21N3O/c1-11(10-14)13(17)15-8-9-16(2)12-6-4-3-5-7-12/h3-7,11H,8-10,14H2,1-2H3,(H,15,17). The first-order valence-corrected chi connectivity index (χ1v) is 5.89. The van der Waals surface area contributed by atoms with Gasteiger partial charge in [-0.25, -0.2) is 0 Å². The summed E-state index contributed by atoms with van der Waals surface area (Å²) in [7, 11) is 2.01. The Morgan fingerprint density at radius 1 is 1.41 bits per heavy atom. The van der Waals surface area contributed by atoms with E-state index in [1.165, 1.54) is 0 Å². The highest BCUT2D eigenvalue weighted by Crippen LogP contribution is 2.09. The fourth-order valence-electron chi connectivity index (χ4n) is 1.44. The molecule has 4 nitrogen and oxygen atoms in total. The molecule has 1 aromatic rings. The van der Waals surface area contributed by atoms with Gasteiger partial charge in [0.25, 0.3) is 0 Å². The summed E-state index contributed by atoms with van der Waals surface area (Å²) in [5.74, 6) is -0.0917. The number of nitrogens with one attached hydrogen (secondary N) is 1. The Morgan fingerprint density at radius 3 is 2.65 bits per heavy atom. The SMILES string of the molecule is CC(CN)C(=O)NCCN(C)c1ccccc1. The molecule has 0 heterocycles. The molecule has 1 amide bonds. The molecular weight excluding hydrogens is 214 g/mol. The van der Waals surface area contributed by atoms with Crippen LogP contribution in [0.1, 0.15) is 6.92 Å². The molecule has 3 N–H and O–H groups in total.